The van der Waals surface area contributed by atoms with Crippen molar-refractivity contribution >= 4 is 0 Å². The van der Waals surface area contributed by atoms with Crippen LogP contribution in [-0.2, 0) is 7.05 Å². The van der Waals surface area contributed by atoms with Crippen LogP contribution in [0.1, 0.15) is 31.6 Å². The summed E-state index contributed by atoms with van der Waals surface area (Å²) in [6, 6.07) is 0.280. The number of hydrogen-bond acceptors (Lipinski definition) is 3. The van der Waals surface area contributed by atoms with Gasteiger partial charge in [0.2, 0.25) is 0 Å². The quantitative estimate of drug-likeness (QED) is 0.772. The molecule has 4 heteroatoms. The Morgan fingerprint density at radius 2 is 2.40 bits per heavy atom. The van der Waals surface area contributed by atoms with Crippen LogP contribution in [0.5, 0.6) is 0 Å². The van der Waals surface area contributed by atoms with Gasteiger partial charge in [-0.3, -0.25) is 0 Å². The van der Waals surface area contributed by atoms with Crippen LogP contribution in [0.2, 0.25) is 0 Å². The molecule has 1 atom stereocenters. The maximum atomic E-state index is 9.17. The van der Waals surface area contributed by atoms with E-state index >= 15 is 0 Å². The molecule has 15 heavy (non-hydrogen) atoms. The molecular formula is C11H19N3O. The molecule has 0 spiro atoms. The summed E-state index contributed by atoms with van der Waals surface area (Å²) in [5.74, 6) is 1.71. The largest absolute Gasteiger partial charge is 0.393 e. The van der Waals surface area contributed by atoms with Crippen molar-refractivity contribution in [3.05, 3.63) is 18.2 Å². The number of aliphatic hydroxyl groups excluding tert-OH is 1. The highest BCUT2D eigenvalue weighted by molar-refractivity contribution is 4.97. The second kappa shape index (κ2) is 4.33. The fourth-order valence-corrected chi connectivity index (χ4v) is 2.10. The Morgan fingerprint density at radius 1 is 1.67 bits per heavy atom. The van der Waals surface area contributed by atoms with Gasteiger partial charge in [0.1, 0.15) is 5.82 Å². The summed E-state index contributed by atoms with van der Waals surface area (Å²) in [7, 11) is 2.01. The molecule has 0 aromatic carbocycles. The Bertz CT molecular complexity index is 317. The van der Waals surface area contributed by atoms with Gasteiger partial charge < -0.3 is 15.0 Å². The SMILES string of the molecule is CC(NCC1CC(O)C1)c1nccn1C. The Morgan fingerprint density at radius 3 is 2.93 bits per heavy atom. The van der Waals surface area contributed by atoms with Gasteiger partial charge in [-0.1, -0.05) is 0 Å². The highest BCUT2D eigenvalue weighted by Gasteiger charge is 2.27. The molecule has 1 saturated carbocycles. The van der Waals surface area contributed by atoms with Crippen molar-refractivity contribution in [1.29, 1.82) is 0 Å². The zero-order valence-corrected chi connectivity index (χ0v) is 9.35. The molecule has 1 aliphatic rings. The number of aliphatic hydroxyl groups is 1. The summed E-state index contributed by atoms with van der Waals surface area (Å²) < 4.78 is 2.04. The molecule has 1 unspecified atom stereocenters. The number of nitrogens with one attached hydrogen (secondary N) is 1. The van der Waals surface area contributed by atoms with Crippen molar-refractivity contribution in [1.82, 2.24) is 14.9 Å². The molecule has 0 radical (unpaired) electrons. The van der Waals surface area contributed by atoms with Crippen LogP contribution in [0.15, 0.2) is 12.4 Å². The highest BCUT2D eigenvalue weighted by atomic mass is 16.3. The van der Waals surface area contributed by atoms with Gasteiger partial charge in [0, 0.05) is 19.4 Å². The number of aryl methyl sites for hydroxylation is 1. The number of hydrogen-bond donors (Lipinski definition) is 2. The van der Waals surface area contributed by atoms with Gasteiger partial charge >= 0.3 is 0 Å². The first-order chi connectivity index (χ1) is 7.16. The van der Waals surface area contributed by atoms with Gasteiger partial charge in [0.25, 0.3) is 0 Å². The maximum Gasteiger partial charge on any atom is 0.125 e. The number of rotatable bonds is 4. The van der Waals surface area contributed by atoms with Gasteiger partial charge in [-0.25, -0.2) is 4.98 Å². The average Bonchev–Trinajstić information content (AvgIpc) is 2.57. The lowest BCUT2D eigenvalue weighted by atomic mass is 9.82. The molecule has 1 aliphatic carbocycles. The minimum atomic E-state index is -0.0553. The second-order valence-corrected chi connectivity index (χ2v) is 4.52. The van der Waals surface area contributed by atoms with Gasteiger partial charge in [0.05, 0.1) is 12.1 Å². The molecule has 0 aliphatic heterocycles. The summed E-state index contributed by atoms with van der Waals surface area (Å²) in [5, 5.41) is 12.6. The number of imidazole rings is 1. The van der Waals surface area contributed by atoms with Crippen molar-refractivity contribution in [3.63, 3.8) is 0 Å². The molecular weight excluding hydrogens is 190 g/mol. The summed E-state index contributed by atoms with van der Waals surface area (Å²) in [4.78, 5) is 4.30. The molecule has 1 fully saturated rings. The fourth-order valence-electron chi connectivity index (χ4n) is 2.10. The van der Waals surface area contributed by atoms with Crippen LogP contribution in [0.25, 0.3) is 0 Å². The number of nitrogens with zero attached hydrogens (tertiary/aromatic N) is 2. The third-order valence-electron chi connectivity index (χ3n) is 3.17. The smallest absolute Gasteiger partial charge is 0.125 e. The highest BCUT2D eigenvalue weighted by Crippen LogP contribution is 2.26. The Labute approximate surface area is 90.3 Å². The lowest BCUT2D eigenvalue weighted by Gasteiger charge is -2.32. The Balaban J connectivity index is 1.78. The van der Waals surface area contributed by atoms with Crippen LogP contribution in [0.3, 0.4) is 0 Å². The monoisotopic (exact) mass is 209 g/mol. The van der Waals surface area contributed by atoms with Crippen molar-refractivity contribution in [2.24, 2.45) is 13.0 Å². The van der Waals surface area contributed by atoms with E-state index in [4.69, 9.17) is 5.11 Å². The summed E-state index contributed by atoms with van der Waals surface area (Å²) in [6.07, 6.45) is 5.61. The third kappa shape index (κ3) is 2.38. The average molecular weight is 209 g/mol. The van der Waals surface area contributed by atoms with Crippen LogP contribution in [0.4, 0.5) is 0 Å². The Hall–Kier alpha value is -0.870. The van der Waals surface area contributed by atoms with Crippen molar-refractivity contribution in [3.8, 4) is 0 Å². The minimum absolute atomic E-state index is 0.0553. The third-order valence-corrected chi connectivity index (χ3v) is 3.17. The maximum absolute atomic E-state index is 9.17. The topological polar surface area (TPSA) is 50.1 Å². The predicted molar refractivity (Wildman–Crippen MR) is 58.4 cm³/mol. The normalized spacial score (nSPS) is 27.4. The van der Waals surface area contributed by atoms with Crippen LogP contribution in [0, 0.1) is 5.92 Å². The van der Waals surface area contributed by atoms with Gasteiger partial charge in [0.15, 0.2) is 0 Å². The van der Waals surface area contributed by atoms with E-state index in [0.29, 0.717) is 5.92 Å². The molecule has 0 amide bonds. The summed E-state index contributed by atoms with van der Waals surface area (Å²) >= 11 is 0. The first kappa shape index (κ1) is 10.6. The molecule has 2 N–H and O–H groups in total. The molecule has 2 rings (SSSR count). The zero-order valence-electron chi connectivity index (χ0n) is 9.35. The van der Waals surface area contributed by atoms with Crippen molar-refractivity contribution in [2.75, 3.05) is 6.54 Å². The summed E-state index contributed by atoms with van der Waals surface area (Å²) in [6.45, 7) is 3.10. The van der Waals surface area contributed by atoms with Gasteiger partial charge in [-0.15, -0.1) is 0 Å². The van der Waals surface area contributed by atoms with Crippen LogP contribution >= 0.6 is 0 Å². The molecule has 1 aromatic rings. The van der Waals surface area contributed by atoms with Gasteiger partial charge in [-0.05, 0) is 32.2 Å². The first-order valence-corrected chi connectivity index (χ1v) is 5.55. The Kier molecular flexibility index (Phi) is 3.07. The van der Waals surface area contributed by atoms with Crippen molar-refractivity contribution in [2.45, 2.75) is 31.9 Å². The fraction of sp³-hybridized carbons (Fsp3) is 0.727. The van der Waals surface area contributed by atoms with E-state index in [1.807, 2.05) is 24.0 Å². The van der Waals surface area contributed by atoms with E-state index < -0.39 is 0 Å². The van der Waals surface area contributed by atoms with E-state index in [-0.39, 0.29) is 12.1 Å². The van der Waals surface area contributed by atoms with E-state index in [1.54, 1.807) is 0 Å². The molecule has 0 saturated heterocycles. The summed E-state index contributed by atoms with van der Waals surface area (Å²) in [5.41, 5.74) is 0. The van der Waals surface area contributed by atoms with Crippen LogP contribution in [-0.4, -0.2) is 27.3 Å². The van der Waals surface area contributed by atoms with E-state index in [1.165, 1.54) is 0 Å². The van der Waals surface area contributed by atoms with Crippen molar-refractivity contribution < 1.29 is 5.11 Å². The molecule has 0 bridgehead atoms. The lowest BCUT2D eigenvalue weighted by Crippen LogP contribution is -2.37. The predicted octanol–water partition coefficient (Wildman–Crippen LogP) is 0.842. The molecule has 1 heterocycles. The second-order valence-electron chi connectivity index (χ2n) is 4.52. The number of aromatic nitrogens is 2. The van der Waals surface area contributed by atoms with Gasteiger partial charge in [-0.2, -0.15) is 0 Å². The first-order valence-electron chi connectivity index (χ1n) is 5.55. The van der Waals surface area contributed by atoms with E-state index in [0.717, 1.165) is 25.2 Å². The lowest BCUT2D eigenvalue weighted by molar-refractivity contribution is 0.0419. The molecule has 1 aromatic heterocycles. The minimum Gasteiger partial charge on any atom is -0.393 e. The zero-order chi connectivity index (χ0) is 10.8. The van der Waals surface area contributed by atoms with E-state index in [9.17, 15) is 0 Å². The van der Waals surface area contributed by atoms with E-state index in [2.05, 4.69) is 17.2 Å². The molecule has 84 valence electrons. The standard InChI is InChI=1S/C11H19N3O/c1-8(11-12-3-4-14(11)2)13-7-9-5-10(15)6-9/h3-4,8-10,13,15H,5-7H2,1-2H3. The van der Waals surface area contributed by atoms with Crippen LogP contribution < -0.4 is 5.32 Å². The molecule has 4 nitrogen and oxygen atoms in total.